The van der Waals surface area contributed by atoms with Crippen molar-refractivity contribution in [2.24, 2.45) is 0 Å². The maximum absolute atomic E-state index is 12.5. The average Bonchev–Trinajstić information content (AvgIpc) is 2.54. The van der Waals surface area contributed by atoms with Crippen LogP contribution in [0.5, 0.6) is 5.75 Å². The fourth-order valence-corrected chi connectivity index (χ4v) is 3.12. The fourth-order valence-electron chi connectivity index (χ4n) is 1.89. The predicted octanol–water partition coefficient (Wildman–Crippen LogP) is 4.42. The maximum Gasteiger partial charge on any atom is 0.239 e. The Morgan fingerprint density at radius 1 is 1.14 bits per heavy atom. The molecule has 2 atom stereocenters. The molecule has 2 aromatic rings. The molecule has 0 saturated carbocycles. The number of ether oxygens (including phenoxy) is 1. The third kappa shape index (κ3) is 4.68. The van der Waals surface area contributed by atoms with E-state index in [9.17, 15) is 4.79 Å². The van der Waals surface area contributed by atoms with Gasteiger partial charge in [-0.05, 0) is 43.3 Å². The van der Waals surface area contributed by atoms with Crippen molar-refractivity contribution >= 4 is 35.0 Å². The van der Waals surface area contributed by atoms with Crippen LogP contribution < -0.4 is 10.1 Å². The highest BCUT2D eigenvalue weighted by molar-refractivity contribution is 8.00. The first-order valence-corrected chi connectivity index (χ1v) is 8.22. The lowest BCUT2D eigenvalue weighted by molar-refractivity contribution is -0.115. The number of thioether (sulfide) groups is 1. The second-order valence-corrected chi connectivity index (χ2v) is 6.65. The summed E-state index contributed by atoms with van der Waals surface area (Å²) >= 11 is 7.66. The lowest BCUT2D eigenvalue weighted by Gasteiger charge is -2.18. The molecule has 0 spiro atoms. The summed E-state index contributed by atoms with van der Waals surface area (Å²) in [5, 5.41) is 2.24. The van der Waals surface area contributed by atoms with Crippen LogP contribution in [0.1, 0.15) is 6.92 Å². The van der Waals surface area contributed by atoms with Gasteiger partial charge in [0.05, 0.1) is 12.5 Å². The van der Waals surface area contributed by atoms with Crippen molar-refractivity contribution in [1.82, 2.24) is 0 Å². The Labute approximate surface area is 140 Å². The molecule has 0 heterocycles. The topological polar surface area (TPSA) is 38.3 Å². The molecule has 0 aromatic heterocycles. The van der Waals surface area contributed by atoms with Gasteiger partial charge in [0.1, 0.15) is 11.0 Å². The highest BCUT2D eigenvalue weighted by Gasteiger charge is 2.25. The SMILES string of the molecule is COc1ccc(NC(=O)[C@@H](Sc2ccccc2)[C@H](C)Cl)cc1. The quantitative estimate of drug-likeness (QED) is 0.627. The van der Waals surface area contributed by atoms with Crippen LogP contribution in [0, 0.1) is 0 Å². The zero-order chi connectivity index (χ0) is 15.9. The average molecular weight is 336 g/mol. The van der Waals surface area contributed by atoms with E-state index in [0.717, 1.165) is 16.3 Å². The summed E-state index contributed by atoms with van der Waals surface area (Å²) in [6, 6.07) is 17.0. The number of methoxy groups -OCH3 is 1. The molecule has 0 saturated heterocycles. The normalized spacial score (nSPS) is 13.2. The van der Waals surface area contributed by atoms with Gasteiger partial charge in [-0.3, -0.25) is 4.79 Å². The fraction of sp³-hybridized carbons (Fsp3) is 0.235. The van der Waals surface area contributed by atoms with Gasteiger partial charge in [-0.25, -0.2) is 0 Å². The van der Waals surface area contributed by atoms with Crippen molar-refractivity contribution in [2.45, 2.75) is 22.4 Å². The first-order valence-electron chi connectivity index (χ1n) is 6.91. The number of carbonyl (C=O) groups is 1. The molecule has 5 heteroatoms. The third-order valence-electron chi connectivity index (χ3n) is 3.04. The smallest absolute Gasteiger partial charge is 0.239 e. The van der Waals surface area contributed by atoms with E-state index in [1.54, 1.807) is 31.4 Å². The number of rotatable bonds is 6. The first-order chi connectivity index (χ1) is 10.6. The van der Waals surface area contributed by atoms with Gasteiger partial charge < -0.3 is 10.1 Å². The summed E-state index contributed by atoms with van der Waals surface area (Å²) in [7, 11) is 1.61. The number of hydrogen-bond donors (Lipinski definition) is 1. The molecule has 1 amide bonds. The van der Waals surface area contributed by atoms with Gasteiger partial charge >= 0.3 is 0 Å². The Hall–Kier alpha value is -1.65. The molecule has 0 bridgehead atoms. The molecule has 0 fully saturated rings. The molecule has 2 rings (SSSR count). The highest BCUT2D eigenvalue weighted by atomic mass is 35.5. The maximum atomic E-state index is 12.5. The summed E-state index contributed by atoms with van der Waals surface area (Å²) in [5.41, 5.74) is 0.724. The minimum absolute atomic E-state index is 0.110. The summed E-state index contributed by atoms with van der Waals surface area (Å²) in [6.07, 6.45) is 0. The molecule has 0 aliphatic rings. The molecule has 1 N–H and O–H groups in total. The largest absolute Gasteiger partial charge is 0.497 e. The van der Waals surface area contributed by atoms with Crippen LogP contribution in [0.4, 0.5) is 5.69 Å². The first kappa shape index (κ1) is 16.7. The monoisotopic (exact) mass is 335 g/mol. The summed E-state index contributed by atoms with van der Waals surface area (Å²) in [5.74, 6) is 0.639. The molecule has 0 aliphatic heterocycles. The van der Waals surface area contributed by atoms with Crippen molar-refractivity contribution in [3.8, 4) is 5.75 Å². The van der Waals surface area contributed by atoms with Crippen molar-refractivity contribution in [1.29, 1.82) is 0 Å². The molecule has 0 radical (unpaired) electrons. The van der Waals surface area contributed by atoms with E-state index < -0.39 is 0 Å². The van der Waals surface area contributed by atoms with Crippen LogP contribution in [-0.2, 0) is 4.79 Å². The van der Waals surface area contributed by atoms with Crippen LogP contribution in [0.3, 0.4) is 0 Å². The van der Waals surface area contributed by atoms with Gasteiger partial charge in [0, 0.05) is 10.6 Å². The predicted molar refractivity (Wildman–Crippen MR) is 93.0 cm³/mol. The standard InChI is InChI=1S/C17H18ClNO2S/c1-12(18)16(22-15-6-4-3-5-7-15)17(20)19-13-8-10-14(21-2)11-9-13/h3-12,16H,1-2H3,(H,19,20)/t12-,16-/m0/s1. The number of anilines is 1. The number of halogens is 1. The van der Waals surface area contributed by atoms with E-state index in [2.05, 4.69) is 5.32 Å². The Morgan fingerprint density at radius 3 is 2.32 bits per heavy atom. The second-order valence-electron chi connectivity index (χ2n) is 4.75. The van der Waals surface area contributed by atoms with Crippen molar-refractivity contribution in [3.05, 3.63) is 54.6 Å². The van der Waals surface area contributed by atoms with Crippen LogP contribution in [0.15, 0.2) is 59.5 Å². The zero-order valence-corrected chi connectivity index (χ0v) is 14.0. The van der Waals surface area contributed by atoms with Gasteiger partial charge in [0.15, 0.2) is 0 Å². The van der Waals surface area contributed by atoms with Crippen LogP contribution in [-0.4, -0.2) is 23.6 Å². The minimum atomic E-state index is -0.369. The molecule has 0 unspecified atom stereocenters. The van der Waals surface area contributed by atoms with E-state index in [-0.39, 0.29) is 16.5 Å². The molecule has 0 aliphatic carbocycles. The van der Waals surface area contributed by atoms with E-state index in [1.807, 2.05) is 37.3 Å². The van der Waals surface area contributed by atoms with Crippen molar-refractivity contribution < 1.29 is 9.53 Å². The number of nitrogens with one attached hydrogen (secondary N) is 1. The summed E-state index contributed by atoms with van der Waals surface area (Å²) in [4.78, 5) is 13.5. The van der Waals surface area contributed by atoms with Crippen LogP contribution in [0.2, 0.25) is 0 Å². The summed E-state index contributed by atoms with van der Waals surface area (Å²) < 4.78 is 5.10. The van der Waals surface area contributed by atoms with Gasteiger partial charge in [-0.1, -0.05) is 18.2 Å². The third-order valence-corrected chi connectivity index (χ3v) is 4.86. The van der Waals surface area contributed by atoms with Gasteiger partial charge in [0.25, 0.3) is 0 Å². The van der Waals surface area contributed by atoms with Crippen molar-refractivity contribution in [3.63, 3.8) is 0 Å². The molecule has 2 aromatic carbocycles. The molecular formula is C17H18ClNO2S. The van der Waals surface area contributed by atoms with Crippen LogP contribution >= 0.6 is 23.4 Å². The second kappa shape index (κ2) is 8.11. The Kier molecular flexibility index (Phi) is 6.16. The Morgan fingerprint density at radius 2 is 1.77 bits per heavy atom. The Balaban J connectivity index is 2.05. The van der Waals surface area contributed by atoms with Gasteiger partial charge in [-0.2, -0.15) is 0 Å². The number of alkyl halides is 1. The molecular weight excluding hydrogens is 318 g/mol. The van der Waals surface area contributed by atoms with E-state index in [1.165, 1.54) is 11.8 Å². The number of hydrogen-bond acceptors (Lipinski definition) is 3. The molecule has 116 valence electrons. The number of carbonyl (C=O) groups excluding carboxylic acids is 1. The lowest BCUT2D eigenvalue weighted by atomic mass is 10.2. The van der Waals surface area contributed by atoms with Gasteiger partial charge in [-0.15, -0.1) is 23.4 Å². The lowest BCUT2D eigenvalue weighted by Crippen LogP contribution is -2.31. The number of benzene rings is 2. The summed E-state index contributed by atoms with van der Waals surface area (Å²) in [6.45, 7) is 1.83. The molecule has 22 heavy (non-hydrogen) atoms. The number of amides is 1. The van der Waals surface area contributed by atoms with Crippen LogP contribution in [0.25, 0.3) is 0 Å². The molecule has 3 nitrogen and oxygen atoms in total. The minimum Gasteiger partial charge on any atom is -0.497 e. The highest BCUT2D eigenvalue weighted by Crippen LogP contribution is 2.28. The van der Waals surface area contributed by atoms with Gasteiger partial charge in [0.2, 0.25) is 5.91 Å². The van der Waals surface area contributed by atoms with Crippen molar-refractivity contribution in [2.75, 3.05) is 12.4 Å². The van der Waals surface area contributed by atoms with E-state index in [4.69, 9.17) is 16.3 Å². The Bertz CT molecular complexity index is 602. The zero-order valence-electron chi connectivity index (χ0n) is 12.5. The van der Waals surface area contributed by atoms with E-state index >= 15 is 0 Å². The van der Waals surface area contributed by atoms with E-state index in [0.29, 0.717) is 0 Å².